The Balaban J connectivity index is 2.01. The molecule has 2 aromatic carbocycles. The Kier molecular flexibility index (Phi) is 4.82. The van der Waals surface area contributed by atoms with E-state index >= 15 is 0 Å². The number of aryl methyl sites for hydroxylation is 1. The second kappa shape index (κ2) is 6.79. The summed E-state index contributed by atoms with van der Waals surface area (Å²) in [5.41, 5.74) is 9.43. The van der Waals surface area contributed by atoms with Gasteiger partial charge >= 0.3 is 6.03 Å². The molecule has 21 heavy (non-hydrogen) atoms. The highest BCUT2D eigenvalue weighted by Gasteiger charge is 2.12. The van der Waals surface area contributed by atoms with Crippen molar-refractivity contribution in [2.75, 3.05) is 17.6 Å². The van der Waals surface area contributed by atoms with Crippen molar-refractivity contribution >= 4 is 17.4 Å². The number of anilines is 2. The molecule has 4 heteroatoms. The van der Waals surface area contributed by atoms with E-state index in [4.69, 9.17) is 5.73 Å². The van der Waals surface area contributed by atoms with Crippen LogP contribution in [0.4, 0.5) is 16.2 Å². The second-order valence-electron chi connectivity index (χ2n) is 5.05. The highest BCUT2D eigenvalue weighted by Crippen LogP contribution is 2.12. The Labute approximate surface area is 125 Å². The molecular weight excluding hydrogens is 262 g/mol. The monoisotopic (exact) mass is 283 g/mol. The molecule has 0 aliphatic rings. The van der Waals surface area contributed by atoms with Gasteiger partial charge in [-0.3, -0.25) is 0 Å². The van der Waals surface area contributed by atoms with Crippen molar-refractivity contribution in [2.24, 2.45) is 0 Å². The van der Waals surface area contributed by atoms with Crippen LogP contribution in [0.2, 0.25) is 0 Å². The SMILES string of the molecule is CCN(Cc1ccc(N)cc1)C(=O)Nc1ccc(C)cc1. The molecule has 0 aromatic heterocycles. The molecular formula is C17H21N3O. The predicted octanol–water partition coefficient (Wildman–Crippen LogP) is 3.63. The number of carbonyl (C=O) groups is 1. The van der Waals surface area contributed by atoms with Crippen molar-refractivity contribution in [2.45, 2.75) is 20.4 Å². The number of hydrogen-bond acceptors (Lipinski definition) is 2. The normalized spacial score (nSPS) is 10.2. The molecule has 0 heterocycles. The molecule has 110 valence electrons. The lowest BCUT2D eigenvalue weighted by atomic mass is 10.2. The number of urea groups is 1. The van der Waals surface area contributed by atoms with Gasteiger partial charge in [0.05, 0.1) is 0 Å². The maximum atomic E-state index is 12.3. The van der Waals surface area contributed by atoms with Gasteiger partial charge in [-0.25, -0.2) is 4.79 Å². The minimum absolute atomic E-state index is 0.0989. The maximum Gasteiger partial charge on any atom is 0.322 e. The molecule has 0 spiro atoms. The minimum Gasteiger partial charge on any atom is -0.399 e. The largest absolute Gasteiger partial charge is 0.399 e. The lowest BCUT2D eigenvalue weighted by molar-refractivity contribution is 0.212. The smallest absolute Gasteiger partial charge is 0.322 e. The van der Waals surface area contributed by atoms with Crippen LogP contribution in [0.3, 0.4) is 0 Å². The highest BCUT2D eigenvalue weighted by molar-refractivity contribution is 5.89. The topological polar surface area (TPSA) is 58.4 Å². The summed E-state index contributed by atoms with van der Waals surface area (Å²) in [4.78, 5) is 14.0. The zero-order chi connectivity index (χ0) is 15.2. The van der Waals surface area contributed by atoms with E-state index in [1.165, 1.54) is 5.56 Å². The van der Waals surface area contributed by atoms with Crippen LogP contribution in [0.25, 0.3) is 0 Å². The van der Waals surface area contributed by atoms with Gasteiger partial charge in [0.15, 0.2) is 0 Å². The number of amides is 2. The van der Waals surface area contributed by atoms with Crippen LogP contribution in [0.1, 0.15) is 18.1 Å². The van der Waals surface area contributed by atoms with Crippen molar-refractivity contribution in [3.05, 3.63) is 59.7 Å². The van der Waals surface area contributed by atoms with Crippen LogP contribution in [0, 0.1) is 6.92 Å². The van der Waals surface area contributed by atoms with Crippen molar-refractivity contribution in [1.82, 2.24) is 4.90 Å². The number of carbonyl (C=O) groups excluding carboxylic acids is 1. The van der Waals surface area contributed by atoms with Crippen molar-refractivity contribution in [1.29, 1.82) is 0 Å². The second-order valence-corrected chi connectivity index (χ2v) is 5.05. The number of nitrogens with zero attached hydrogens (tertiary/aromatic N) is 1. The summed E-state index contributed by atoms with van der Waals surface area (Å²) in [6.45, 7) is 5.19. The molecule has 0 saturated carbocycles. The standard InChI is InChI=1S/C17H21N3O/c1-3-20(12-14-6-8-15(18)9-7-14)17(21)19-16-10-4-13(2)5-11-16/h4-11H,3,12,18H2,1-2H3,(H,19,21). The molecule has 0 atom stereocenters. The molecule has 0 radical (unpaired) electrons. The number of hydrogen-bond donors (Lipinski definition) is 2. The van der Waals surface area contributed by atoms with E-state index in [2.05, 4.69) is 5.32 Å². The third-order valence-electron chi connectivity index (χ3n) is 3.32. The van der Waals surface area contributed by atoms with Gasteiger partial charge in [0.1, 0.15) is 0 Å². The van der Waals surface area contributed by atoms with Gasteiger partial charge in [-0.1, -0.05) is 29.8 Å². The van der Waals surface area contributed by atoms with Gasteiger partial charge < -0.3 is 16.0 Å². The molecule has 0 aliphatic heterocycles. The Morgan fingerprint density at radius 3 is 2.29 bits per heavy atom. The first-order valence-corrected chi connectivity index (χ1v) is 7.05. The fourth-order valence-electron chi connectivity index (χ4n) is 2.01. The first-order chi connectivity index (χ1) is 10.1. The summed E-state index contributed by atoms with van der Waals surface area (Å²) >= 11 is 0. The Hall–Kier alpha value is -2.49. The van der Waals surface area contributed by atoms with E-state index in [0.29, 0.717) is 13.1 Å². The molecule has 0 unspecified atom stereocenters. The third kappa shape index (κ3) is 4.24. The van der Waals surface area contributed by atoms with Crippen LogP contribution in [-0.4, -0.2) is 17.5 Å². The van der Waals surface area contributed by atoms with E-state index < -0.39 is 0 Å². The van der Waals surface area contributed by atoms with E-state index in [0.717, 1.165) is 16.9 Å². The van der Waals surface area contributed by atoms with Crippen molar-refractivity contribution in [3.63, 3.8) is 0 Å². The summed E-state index contributed by atoms with van der Waals surface area (Å²) in [7, 11) is 0. The van der Waals surface area contributed by atoms with Crippen LogP contribution in [-0.2, 0) is 6.54 Å². The van der Waals surface area contributed by atoms with Crippen molar-refractivity contribution in [3.8, 4) is 0 Å². The van der Waals surface area contributed by atoms with Gasteiger partial charge in [-0.15, -0.1) is 0 Å². The molecule has 2 rings (SSSR count). The van der Waals surface area contributed by atoms with Gasteiger partial charge in [0.2, 0.25) is 0 Å². The third-order valence-corrected chi connectivity index (χ3v) is 3.32. The molecule has 2 amide bonds. The zero-order valence-electron chi connectivity index (χ0n) is 12.5. The van der Waals surface area contributed by atoms with Gasteiger partial charge in [0.25, 0.3) is 0 Å². The summed E-state index contributed by atoms with van der Waals surface area (Å²) in [5, 5.41) is 2.91. The fourth-order valence-corrected chi connectivity index (χ4v) is 2.01. The van der Waals surface area contributed by atoms with Crippen LogP contribution < -0.4 is 11.1 Å². The number of rotatable bonds is 4. The first kappa shape index (κ1) is 14.9. The molecule has 0 fully saturated rings. The van der Waals surface area contributed by atoms with E-state index in [-0.39, 0.29) is 6.03 Å². The molecule has 0 aliphatic carbocycles. The molecule has 0 saturated heterocycles. The first-order valence-electron chi connectivity index (χ1n) is 7.05. The fraction of sp³-hybridized carbons (Fsp3) is 0.235. The average molecular weight is 283 g/mol. The van der Waals surface area contributed by atoms with Crippen LogP contribution >= 0.6 is 0 Å². The molecule has 4 nitrogen and oxygen atoms in total. The van der Waals surface area contributed by atoms with Crippen molar-refractivity contribution < 1.29 is 4.79 Å². The number of nitrogens with two attached hydrogens (primary N) is 1. The quantitative estimate of drug-likeness (QED) is 0.842. The molecule has 3 N–H and O–H groups in total. The van der Waals surface area contributed by atoms with E-state index in [1.54, 1.807) is 4.90 Å². The Bertz CT molecular complexity index is 590. The lowest BCUT2D eigenvalue weighted by Gasteiger charge is -2.21. The number of nitrogens with one attached hydrogen (secondary N) is 1. The van der Waals surface area contributed by atoms with Crippen LogP contribution in [0.5, 0.6) is 0 Å². The number of nitrogen functional groups attached to an aromatic ring is 1. The minimum atomic E-state index is -0.0989. The molecule has 2 aromatic rings. The Morgan fingerprint density at radius 2 is 1.71 bits per heavy atom. The highest BCUT2D eigenvalue weighted by atomic mass is 16.2. The maximum absolute atomic E-state index is 12.3. The Morgan fingerprint density at radius 1 is 1.10 bits per heavy atom. The summed E-state index contributed by atoms with van der Waals surface area (Å²) in [5.74, 6) is 0. The summed E-state index contributed by atoms with van der Waals surface area (Å²) < 4.78 is 0. The van der Waals surface area contributed by atoms with Gasteiger partial charge in [-0.2, -0.15) is 0 Å². The average Bonchev–Trinajstić information content (AvgIpc) is 2.49. The van der Waals surface area contributed by atoms with Gasteiger partial charge in [-0.05, 0) is 43.7 Å². The predicted molar refractivity (Wildman–Crippen MR) is 87.1 cm³/mol. The lowest BCUT2D eigenvalue weighted by Crippen LogP contribution is -2.34. The summed E-state index contributed by atoms with van der Waals surface area (Å²) in [6.07, 6.45) is 0. The molecule has 0 bridgehead atoms. The number of benzene rings is 2. The van der Waals surface area contributed by atoms with E-state index in [9.17, 15) is 4.79 Å². The van der Waals surface area contributed by atoms with E-state index in [1.807, 2.05) is 62.4 Å². The van der Waals surface area contributed by atoms with Gasteiger partial charge in [0, 0.05) is 24.5 Å². The summed E-state index contributed by atoms with van der Waals surface area (Å²) in [6, 6.07) is 15.3. The zero-order valence-corrected chi connectivity index (χ0v) is 12.5. The van der Waals surface area contributed by atoms with Crippen LogP contribution in [0.15, 0.2) is 48.5 Å².